The molecule has 1 aromatic carbocycles. The smallest absolute Gasteiger partial charge is 0.416 e. The third kappa shape index (κ3) is 3.66. The van der Waals surface area contributed by atoms with Gasteiger partial charge in [-0.2, -0.15) is 13.2 Å². The third-order valence-electron chi connectivity index (χ3n) is 3.30. The minimum atomic E-state index is -4.47. The number of ether oxygens (including phenoxy) is 1. The second kappa shape index (κ2) is 5.65. The lowest BCUT2D eigenvalue weighted by Crippen LogP contribution is -2.50. The van der Waals surface area contributed by atoms with Crippen LogP contribution in [0.2, 0.25) is 5.02 Å². The fourth-order valence-electron chi connectivity index (χ4n) is 2.34. The van der Waals surface area contributed by atoms with E-state index in [1.54, 1.807) is 20.8 Å². The highest BCUT2D eigenvalue weighted by Gasteiger charge is 2.41. The van der Waals surface area contributed by atoms with E-state index in [-0.39, 0.29) is 23.7 Å². The zero-order valence-corrected chi connectivity index (χ0v) is 13.3. The van der Waals surface area contributed by atoms with Crippen molar-refractivity contribution in [2.75, 3.05) is 13.1 Å². The van der Waals surface area contributed by atoms with Gasteiger partial charge < -0.3 is 9.64 Å². The molecule has 1 fully saturated rings. The van der Waals surface area contributed by atoms with Crippen molar-refractivity contribution < 1.29 is 22.7 Å². The van der Waals surface area contributed by atoms with Gasteiger partial charge in [-0.1, -0.05) is 17.7 Å². The number of alkyl halides is 3. The molecule has 0 aliphatic carbocycles. The van der Waals surface area contributed by atoms with Gasteiger partial charge >= 0.3 is 12.3 Å². The van der Waals surface area contributed by atoms with Gasteiger partial charge in [0.05, 0.1) is 5.56 Å². The predicted molar refractivity (Wildman–Crippen MR) is 77.0 cm³/mol. The summed E-state index contributed by atoms with van der Waals surface area (Å²) in [4.78, 5) is 13.2. The van der Waals surface area contributed by atoms with Crippen LogP contribution in [-0.2, 0) is 10.9 Å². The summed E-state index contributed by atoms with van der Waals surface area (Å²) in [6.07, 6.45) is -4.99. The van der Waals surface area contributed by atoms with E-state index < -0.39 is 29.4 Å². The standard InChI is InChI=1S/C15H17ClF3NO2/c1-14(2,3)22-13(21)20-7-9(8-20)12-10(15(17,18)19)5-4-6-11(12)16/h4-6,9H,7-8H2,1-3H3. The first-order valence-electron chi connectivity index (χ1n) is 6.82. The Morgan fingerprint density at radius 3 is 2.36 bits per heavy atom. The largest absolute Gasteiger partial charge is 0.444 e. The van der Waals surface area contributed by atoms with Gasteiger partial charge in [-0.05, 0) is 38.5 Å². The molecule has 0 aromatic heterocycles. The van der Waals surface area contributed by atoms with Gasteiger partial charge in [-0.15, -0.1) is 0 Å². The highest BCUT2D eigenvalue weighted by atomic mass is 35.5. The van der Waals surface area contributed by atoms with E-state index in [1.807, 2.05) is 0 Å². The molecule has 1 amide bonds. The van der Waals surface area contributed by atoms with E-state index in [0.29, 0.717) is 0 Å². The molecule has 2 rings (SSSR count). The molecule has 0 spiro atoms. The Balaban J connectivity index is 2.13. The molecule has 0 radical (unpaired) electrons. The van der Waals surface area contributed by atoms with Crippen molar-refractivity contribution in [2.45, 2.75) is 38.5 Å². The van der Waals surface area contributed by atoms with Gasteiger partial charge in [0.2, 0.25) is 0 Å². The fraction of sp³-hybridized carbons (Fsp3) is 0.533. The maximum absolute atomic E-state index is 13.1. The van der Waals surface area contributed by atoms with Crippen LogP contribution in [0.25, 0.3) is 0 Å². The highest BCUT2D eigenvalue weighted by Crippen LogP contribution is 2.41. The summed E-state index contributed by atoms with van der Waals surface area (Å²) in [5, 5.41) is 0.0728. The van der Waals surface area contributed by atoms with Crippen LogP contribution in [-0.4, -0.2) is 29.7 Å². The Morgan fingerprint density at radius 1 is 1.27 bits per heavy atom. The van der Waals surface area contributed by atoms with Gasteiger partial charge in [0, 0.05) is 24.0 Å². The Hall–Kier alpha value is -1.43. The van der Waals surface area contributed by atoms with Crippen LogP contribution < -0.4 is 0 Å². The molecule has 3 nitrogen and oxygen atoms in total. The molecule has 0 saturated carbocycles. The van der Waals surface area contributed by atoms with E-state index in [1.165, 1.54) is 17.0 Å². The topological polar surface area (TPSA) is 29.5 Å². The second-order valence-corrected chi connectivity index (χ2v) is 6.69. The lowest BCUT2D eigenvalue weighted by Gasteiger charge is -2.41. The summed E-state index contributed by atoms with van der Waals surface area (Å²) in [6.45, 7) is 5.54. The van der Waals surface area contributed by atoms with Crippen LogP contribution in [0.3, 0.4) is 0 Å². The van der Waals surface area contributed by atoms with Gasteiger partial charge in [0.15, 0.2) is 0 Å². The zero-order valence-electron chi connectivity index (χ0n) is 12.5. The molecule has 0 atom stereocenters. The minimum Gasteiger partial charge on any atom is -0.444 e. The summed E-state index contributed by atoms with van der Waals surface area (Å²) in [5.74, 6) is -0.433. The van der Waals surface area contributed by atoms with E-state index >= 15 is 0 Å². The number of benzene rings is 1. The maximum Gasteiger partial charge on any atom is 0.416 e. The minimum absolute atomic E-state index is 0.0523. The van der Waals surface area contributed by atoms with Gasteiger partial charge in [0.25, 0.3) is 0 Å². The molecular formula is C15H17ClF3NO2. The SMILES string of the molecule is CC(C)(C)OC(=O)N1CC(c2c(Cl)cccc2C(F)(F)F)C1. The number of hydrogen-bond acceptors (Lipinski definition) is 2. The predicted octanol–water partition coefficient (Wildman–Crippen LogP) is 4.69. The van der Waals surface area contributed by atoms with Crippen molar-refractivity contribution in [2.24, 2.45) is 0 Å². The van der Waals surface area contributed by atoms with Crippen LogP contribution >= 0.6 is 11.6 Å². The van der Waals surface area contributed by atoms with Crippen LogP contribution in [0.15, 0.2) is 18.2 Å². The Labute approximate surface area is 132 Å². The lowest BCUT2D eigenvalue weighted by molar-refractivity contribution is -0.138. The number of likely N-dealkylation sites (tertiary alicyclic amines) is 1. The van der Waals surface area contributed by atoms with Crippen LogP contribution in [0.5, 0.6) is 0 Å². The van der Waals surface area contributed by atoms with Crippen molar-refractivity contribution in [3.05, 3.63) is 34.3 Å². The van der Waals surface area contributed by atoms with Crippen LogP contribution in [0.4, 0.5) is 18.0 Å². The molecule has 0 bridgehead atoms. The van der Waals surface area contributed by atoms with Crippen molar-refractivity contribution in [3.63, 3.8) is 0 Å². The van der Waals surface area contributed by atoms with Crippen molar-refractivity contribution in [3.8, 4) is 0 Å². The average molecular weight is 336 g/mol. The molecule has 122 valence electrons. The van der Waals surface area contributed by atoms with Crippen LogP contribution in [0, 0.1) is 0 Å². The summed E-state index contributed by atoms with van der Waals surface area (Å²) in [6, 6.07) is 3.72. The monoisotopic (exact) mass is 335 g/mol. The second-order valence-electron chi connectivity index (χ2n) is 6.28. The summed E-state index contributed by atoms with van der Waals surface area (Å²) in [5.41, 5.74) is -1.32. The van der Waals surface area contributed by atoms with Gasteiger partial charge in [-0.3, -0.25) is 0 Å². The van der Waals surface area contributed by atoms with Gasteiger partial charge in [0.1, 0.15) is 5.60 Å². The lowest BCUT2D eigenvalue weighted by atomic mass is 9.88. The van der Waals surface area contributed by atoms with Gasteiger partial charge in [-0.25, -0.2) is 4.79 Å². The Bertz CT molecular complexity index is 575. The molecule has 22 heavy (non-hydrogen) atoms. The fourth-order valence-corrected chi connectivity index (χ4v) is 2.66. The van der Waals surface area contributed by atoms with E-state index in [2.05, 4.69) is 0 Å². The number of carbonyl (C=O) groups is 1. The molecule has 1 heterocycles. The molecule has 1 aromatic rings. The molecular weight excluding hydrogens is 319 g/mol. The maximum atomic E-state index is 13.1. The summed E-state index contributed by atoms with van der Waals surface area (Å²) >= 11 is 5.94. The van der Waals surface area contributed by atoms with Crippen molar-refractivity contribution >= 4 is 17.7 Å². The summed E-state index contributed by atoms with van der Waals surface area (Å²) in [7, 11) is 0. The number of carbonyl (C=O) groups excluding carboxylic acids is 1. The summed E-state index contributed by atoms with van der Waals surface area (Å²) < 4.78 is 44.4. The first kappa shape index (κ1) is 16.9. The Morgan fingerprint density at radius 2 is 1.86 bits per heavy atom. The van der Waals surface area contributed by atoms with Crippen molar-refractivity contribution in [1.82, 2.24) is 4.90 Å². The molecule has 1 aliphatic rings. The number of hydrogen-bond donors (Lipinski definition) is 0. The molecule has 1 saturated heterocycles. The zero-order chi connectivity index (χ0) is 16.7. The quantitative estimate of drug-likeness (QED) is 0.745. The molecule has 0 N–H and O–H groups in total. The first-order valence-corrected chi connectivity index (χ1v) is 7.20. The number of halogens is 4. The number of amides is 1. The van der Waals surface area contributed by atoms with Crippen molar-refractivity contribution in [1.29, 1.82) is 0 Å². The third-order valence-corrected chi connectivity index (χ3v) is 3.63. The molecule has 0 unspecified atom stereocenters. The average Bonchev–Trinajstić information content (AvgIpc) is 2.25. The van der Waals surface area contributed by atoms with E-state index in [9.17, 15) is 18.0 Å². The molecule has 7 heteroatoms. The Kier molecular flexibility index (Phi) is 4.35. The first-order chi connectivity index (χ1) is 9.99. The van der Waals surface area contributed by atoms with E-state index in [0.717, 1.165) is 6.07 Å². The number of nitrogens with zero attached hydrogens (tertiary/aromatic N) is 1. The van der Waals surface area contributed by atoms with Crippen LogP contribution in [0.1, 0.15) is 37.8 Å². The number of rotatable bonds is 1. The van der Waals surface area contributed by atoms with E-state index in [4.69, 9.17) is 16.3 Å². The molecule has 1 aliphatic heterocycles. The normalized spacial score (nSPS) is 16.4. The highest BCUT2D eigenvalue weighted by molar-refractivity contribution is 6.31.